The maximum Gasteiger partial charge on any atom is 0.160 e. The van der Waals surface area contributed by atoms with Crippen molar-refractivity contribution in [3.63, 3.8) is 0 Å². The summed E-state index contributed by atoms with van der Waals surface area (Å²) in [5.74, 6) is 0. The zero-order chi connectivity index (χ0) is 9.42. The van der Waals surface area contributed by atoms with Gasteiger partial charge in [0, 0.05) is 6.20 Å². The largest absolute Gasteiger partial charge is 0.297 e. The second kappa shape index (κ2) is 3.36. The molecule has 0 bridgehead atoms. The molecular formula is C8H3BrClNOS. The summed E-state index contributed by atoms with van der Waals surface area (Å²) in [5, 5.41) is 0.614. The van der Waals surface area contributed by atoms with Gasteiger partial charge in [0.1, 0.15) is 0 Å². The highest BCUT2D eigenvalue weighted by atomic mass is 79.9. The number of pyridine rings is 1. The normalized spacial score (nSPS) is 10.6. The zero-order valence-corrected chi connectivity index (χ0v) is 9.41. The molecule has 66 valence electrons. The summed E-state index contributed by atoms with van der Waals surface area (Å²) in [5.41, 5.74) is 0.764. The number of hydrogen-bond donors (Lipinski definition) is 0. The summed E-state index contributed by atoms with van der Waals surface area (Å²) < 4.78 is 1.60. The number of rotatable bonds is 1. The van der Waals surface area contributed by atoms with Crippen LogP contribution in [0.4, 0.5) is 0 Å². The lowest BCUT2D eigenvalue weighted by Gasteiger charge is -1.94. The minimum atomic E-state index is 0.614. The van der Waals surface area contributed by atoms with Crippen molar-refractivity contribution < 1.29 is 4.79 Å². The highest BCUT2D eigenvalue weighted by Crippen LogP contribution is 2.34. The molecule has 0 amide bonds. The van der Waals surface area contributed by atoms with Crippen molar-refractivity contribution in [1.82, 2.24) is 4.98 Å². The molecule has 0 aliphatic carbocycles. The zero-order valence-electron chi connectivity index (χ0n) is 6.25. The van der Waals surface area contributed by atoms with E-state index >= 15 is 0 Å². The summed E-state index contributed by atoms with van der Waals surface area (Å²) in [7, 11) is 0. The molecule has 0 fully saturated rings. The van der Waals surface area contributed by atoms with Gasteiger partial charge in [0.2, 0.25) is 0 Å². The van der Waals surface area contributed by atoms with E-state index in [9.17, 15) is 4.79 Å². The van der Waals surface area contributed by atoms with E-state index in [-0.39, 0.29) is 0 Å². The summed E-state index contributed by atoms with van der Waals surface area (Å²) in [6, 6.07) is 1.73. The second-order valence-electron chi connectivity index (χ2n) is 2.40. The van der Waals surface area contributed by atoms with Crippen molar-refractivity contribution >= 4 is 55.4 Å². The molecule has 0 radical (unpaired) electrons. The number of thiophene rings is 1. The molecule has 0 saturated heterocycles. The Morgan fingerprint density at radius 3 is 3.08 bits per heavy atom. The SMILES string of the molecule is O=Cc1cc2ncc(Br)c(Cl)c2s1. The van der Waals surface area contributed by atoms with E-state index in [4.69, 9.17) is 11.6 Å². The third kappa shape index (κ3) is 1.49. The highest BCUT2D eigenvalue weighted by molar-refractivity contribution is 9.10. The molecule has 5 heteroatoms. The molecule has 0 unspecified atom stereocenters. The van der Waals surface area contributed by atoms with Crippen LogP contribution < -0.4 is 0 Å². The van der Waals surface area contributed by atoms with E-state index < -0.39 is 0 Å². The Morgan fingerprint density at radius 2 is 2.38 bits per heavy atom. The van der Waals surface area contributed by atoms with Gasteiger partial charge >= 0.3 is 0 Å². The van der Waals surface area contributed by atoms with Gasteiger partial charge in [0.25, 0.3) is 0 Å². The Bertz CT molecular complexity index is 482. The highest BCUT2D eigenvalue weighted by Gasteiger charge is 2.08. The van der Waals surface area contributed by atoms with Crippen LogP contribution in [0.3, 0.4) is 0 Å². The van der Waals surface area contributed by atoms with E-state index in [1.165, 1.54) is 11.3 Å². The van der Waals surface area contributed by atoms with E-state index in [1.807, 2.05) is 0 Å². The molecule has 2 rings (SSSR count). The van der Waals surface area contributed by atoms with Crippen LogP contribution in [-0.2, 0) is 0 Å². The minimum Gasteiger partial charge on any atom is -0.297 e. The number of hydrogen-bond acceptors (Lipinski definition) is 3. The fourth-order valence-electron chi connectivity index (χ4n) is 1.00. The summed E-state index contributed by atoms with van der Waals surface area (Å²) in [6.07, 6.45) is 2.43. The third-order valence-electron chi connectivity index (χ3n) is 1.57. The van der Waals surface area contributed by atoms with Gasteiger partial charge in [-0.25, -0.2) is 0 Å². The van der Waals surface area contributed by atoms with Crippen LogP contribution in [0.1, 0.15) is 9.67 Å². The number of aromatic nitrogens is 1. The first kappa shape index (κ1) is 9.12. The predicted octanol–water partition coefficient (Wildman–Crippen LogP) is 3.52. The van der Waals surface area contributed by atoms with Crippen molar-refractivity contribution in [3.8, 4) is 0 Å². The van der Waals surface area contributed by atoms with Crippen molar-refractivity contribution in [1.29, 1.82) is 0 Å². The molecule has 0 spiro atoms. The van der Waals surface area contributed by atoms with Gasteiger partial charge in [0.15, 0.2) is 6.29 Å². The number of fused-ring (bicyclic) bond motifs is 1. The average Bonchev–Trinajstić information content (AvgIpc) is 2.55. The van der Waals surface area contributed by atoms with Crippen LogP contribution in [0.5, 0.6) is 0 Å². The standard InChI is InChI=1S/C8H3BrClNOS/c9-5-2-11-6-1-4(3-12)13-8(6)7(5)10/h1-3H. The van der Waals surface area contributed by atoms with Crippen LogP contribution in [0, 0.1) is 0 Å². The number of aldehydes is 1. The Balaban J connectivity index is 2.83. The molecule has 0 aliphatic rings. The molecule has 0 aromatic carbocycles. The molecule has 2 nitrogen and oxygen atoms in total. The van der Waals surface area contributed by atoms with Gasteiger partial charge in [0.05, 0.1) is 24.6 Å². The van der Waals surface area contributed by atoms with Crippen LogP contribution in [-0.4, -0.2) is 11.3 Å². The smallest absolute Gasteiger partial charge is 0.160 e. The molecule has 0 aliphatic heterocycles. The van der Waals surface area contributed by atoms with Crippen molar-refractivity contribution in [2.75, 3.05) is 0 Å². The maximum atomic E-state index is 10.5. The average molecular weight is 277 g/mol. The fraction of sp³-hybridized carbons (Fsp3) is 0. The first-order chi connectivity index (χ1) is 6.22. The second-order valence-corrected chi connectivity index (χ2v) is 4.72. The van der Waals surface area contributed by atoms with Gasteiger partial charge in [-0.3, -0.25) is 9.78 Å². The van der Waals surface area contributed by atoms with E-state index in [0.29, 0.717) is 9.90 Å². The third-order valence-corrected chi connectivity index (χ3v) is 3.98. The number of carbonyl (C=O) groups is 1. The van der Waals surface area contributed by atoms with E-state index in [0.717, 1.165) is 21.0 Å². The van der Waals surface area contributed by atoms with Crippen LogP contribution in [0.2, 0.25) is 5.02 Å². The molecule has 0 saturated carbocycles. The molecule has 0 atom stereocenters. The van der Waals surface area contributed by atoms with Crippen LogP contribution >= 0.6 is 38.9 Å². The predicted molar refractivity (Wildman–Crippen MR) is 57.7 cm³/mol. The molecule has 13 heavy (non-hydrogen) atoms. The monoisotopic (exact) mass is 275 g/mol. The van der Waals surface area contributed by atoms with Gasteiger partial charge in [-0.05, 0) is 22.0 Å². The lowest BCUT2D eigenvalue weighted by Crippen LogP contribution is -1.74. The molecule has 0 N–H and O–H groups in total. The fourth-order valence-corrected chi connectivity index (χ4v) is 2.57. The summed E-state index contributed by atoms with van der Waals surface area (Å²) >= 11 is 10.6. The lowest BCUT2D eigenvalue weighted by atomic mass is 10.4. The van der Waals surface area contributed by atoms with Crippen molar-refractivity contribution in [2.45, 2.75) is 0 Å². The first-order valence-corrected chi connectivity index (χ1v) is 5.40. The first-order valence-electron chi connectivity index (χ1n) is 3.41. The summed E-state index contributed by atoms with van der Waals surface area (Å²) in [6.45, 7) is 0. The van der Waals surface area contributed by atoms with Crippen LogP contribution in [0.25, 0.3) is 10.2 Å². The number of carbonyl (C=O) groups excluding carboxylic acids is 1. The van der Waals surface area contributed by atoms with E-state index in [2.05, 4.69) is 20.9 Å². The van der Waals surface area contributed by atoms with Gasteiger partial charge in [-0.15, -0.1) is 11.3 Å². The summed E-state index contributed by atoms with van der Waals surface area (Å²) in [4.78, 5) is 15.3. The maximum absolute atomic E-state index is 10.5. The molecular weight excluding hydrogens is 274 g/mol. The van der Waals surface area contributed by atoms with Crippen molar-refractivity contribution in [3.05, 3.63) is 26.6 Å². The van der Waals surface area contributed by atoms with Gasteiger partial charge in [-0.2, -0.15) is 0 Å². The number of nitrogens with zero attached hydrogens (tertiary/aromatic N) is 1. The molecule has 2 aromatic rings. The Morgan fingerprint density at radius 1 is 1.62 bits per heavy atom. The van der Waals surface area contributed by atoms with E-state index in [1.54, 1.807) is 12.3 Å². The van der Waals surface area contributed by atoms with Crippen molar-refractivity contribution in [2.24, 2.45) is 0 Å². The Labute approximate surface area is 91.7 Å². The van der Waals surface area contributed by atoms with Gasteiger partial charge in [-0.1, -0.05) is 11.6 Å². The minimum absolute atomic E-state index is 0.614. The quantitative estimate of drug-likeness (QED) is 0.746. The molecule has 2 aromatic heterocycles. The van der Waals surface area contributed by atoms with Crippen LogP contribution in [0.15, 0.2) is 16.7 Å². The Kier molecular flexibility index (Phi) is 2.36. The number of halogens is 2. The Hall–Kier alpha value is -0.450. The van der Waals surface area contributed by atoms with Gasteiger partial charge < -0.3 is 0 Å². The molecule has 2 heterocycles. The topological polar surface area (TPSA) is 30.0 Å². The lowest BCUT2D eigenvalue weighted by molar-refractivity contribution is 0.112.